The van der Waals surface area contributed by atoms with Crippen molar-refractivity contribution < 1.29 is 19.8 Å². The molecular weight excluding hydrogens is 196 g/mol. The Morgan fingerprint density at radius 3 is 2.33 bits per heavy atom. The topological polar surface area (TPSA) is 74.6 Å². The van der Waals surface area contributed by atoms with Crippen molar-refractivity contribution >= 4 is 11.9 Å². The summed E-state index contributed by atoms with van der Waals surface area (Å²) in [5, 5.41) is 17.0. The van der Waals surface area contributed by atoms with Gasteiger partial charge in [0, 0.05) is 6.42 Å². The molecule has 0 aliphatic rings. The molecule has 0 aromatic carbocycles. The smallest absolute Gasteiger partial charge is 0.306 e. The van der Waals surface area contributed by atoms with Gasteiger partial charge in [-0.3, -0.25) is 9.59 Å². The van der Waals surface area contributed by atoms with Gasteiger partial charge in [0.15, 0.2) is 0 Å². The summed E-state index contributed by atoms with van der Waals surface area (Å²) in [4.78, 5) is 20.6. The van der Waals surface area contributed by atoms with Gasteiger partial charge in [0.1, 0.15) is 0 Å². The summed E-state index contributed by atoms with van der Waals surface area (Å²) >= 11 is 0. The van der Waals surface area contributed by atoms with Crippen molar-refractivity contribution in [3.05, 3.63) is 12.2 Å². The molecule has 0 aromatic rings. The van der Waals surface area contributed by atoms with Crippen LogP contribution in [-0.4, -0.2) is 22.2 Å². The van der Waals surface area contributed by atoms with E-state index in [4.69, 9.17) is 10.2 Å². The van der Waals surface area contributed by atoms with Crippen LogP contribution in [0.25, 0.3) is 0 Å². The lowest BCUT2D eigenvalue weighted by Gasteiger charge is -2.02. The zero-order valence-corrected chi connectivity index (χ0v) is 8.98. The molecule has 4 nitrogen and oxygen atoms in total. The maximum absolute atomic E-state index is 10.5. The van der Waals surface area contributed by atoms with Gasteiger partial charge >= 0.3 is 11.9 Å². The molecule has 0 aliphatic carbocycles. The van der Waals surface area contributed by atoms with Crippen molar-refractivity contribution in [1.29, 1.82) is 0 Å². The Morgan fingerprint density at radius 2 is 1.80 bits per heavy atom. The van der Waals surface area contributed by atoms with Crippen LogP contribution in [0.5, 0.6) is 0 Å². The number of allylic oxidation sites excluding steroid dienone is 2. The Labute approximate surface area is 89.6 Å². The molecule has 1 unspecified atom stereocenters. The average molecular weight is 214 g/mol. The first-order valence-electron chi connectivity index (χ1n) is 5.13. The zero-order chi connectivity index (χ0) is 11.7. The minimum atomic E-state index is -0.792. The number of rotatable bonds is 8. The van der Waals surface area contributed by atoms with E-state index >= 15 is 0 Å². The summed E-state index contributed by atoms with van der Waals surface area (Å²) in [6.07, 6.45) is 6.76. The molecule has 0 saturated heterocycles. The van der Waals surface area contributed by atoms with Gasteiger partial charge in [0.05, 0.1) is 5.92 Å². The van der Waals surface area contributed by atoms with Crippen LogP contribution in [0.3, 0.4) is 0 Å². The van der Waals surface area contributed by atoms with Gasteiger partial charge < -0.3 is 10.2 Å². The third kappa shape index (κ3) is 9.00. The van der Waals surface area contributed by atoms with E-state index in [-0.39, 0.29) is 12.3 Å². The van der Waals surface area contributed by atoms with Crippen LogP contribution in [0, 0.1) is 5.92 Å². The summed E-state index contributed by atoms with van der Waals surface area (Å²) in [6.45, 7) is 1.69. The van der Waals surface area contributed by atoms with E-state index in [1.165, 1.54) is 0 Å². The van der Waals surface area contributed by atoms with E-state index in [0.29, 0.717) is 12.8 Å². The molecule has 0 bridgehead atoms. The molecule has 15 heavy (non-hydrogen) atoms. The molecule has 0 spiro atoms. The Bertz CT molecular complexity index is 233. The fourth-order valence-electron chi connectivity index (χ4n) is 1.11. The van der Waals surface area contributed by atoms with Crippen LogP contribution >= 0.6 is 0 Å². The number of hydrogen-bond donors (Lipinski definition) is 2. The van der Waals surface area contributed by atoms with Crippen molar-refractivity contribution in [2.45, 2.75) is 39.0 Å². The minimum absolute atomic E-state index is 0.155. The van der Waals surface area contributed by atoms with Gasteiger partial charge in [-0.05, 0) is 25.7 Å². The average Bonchev–Trinajstić information content (AvgIpc) is 2.15. The highest BCUT2D eigenvalue weighted by Gasteiger charge is 2.08. The van der Waals surface area contributed by atoms with E-state index in [1.807, 2.05) is 12.2 Å². The molecule has 0 radical (unpaired) electrons. The van der Waals surface area contributed by atoms with Gasteiger partial charge in [-0.1, -0.05) is 19.1 Å². The van der Waals surface area contributed by atoms with Crippen LogP contribution in [0.15, 0.2) is 12.2 Å². The van der Waals surface area contributed by atoms with Crippen molar-refractivity contribution in [3.63, 3.8) is 0 Å². The van der Waals surface area contributed by atoms with E-state index in [2.05, 4.69) is 0 Å². The third-order valence-electron chi connectivity index (χ3n) is 2.12. The van der Waals surface area contributed by atoms with Gasteiger partial charge in [-0.25, -0.2) is 0 Å². The number of carboxylic acids is 2. The van der Waals surface area contributed by atoms with Gasteiger partial charge in [0.2, 0.25) is 0 Å². The van der Waals surface area contributed by atoms with Crippen molar-refractivity contribution in [2.75, 3.05) is 0 Å². The van der Waals surface area contributed by atoms with Crippen LogP contribution in [0.1, 0.15) is 39.0 Å². The number of aliphatic carboxylic acids is 2. The van der Waals surface area contributed by atoms with Crippen LogP contribution in [-0.2, 0) is 9.59 Å². The van der Waals surface area contributed by atoms with Crippen LogP contribution in [0.2, 0.25) is 0 Å². The molecule has 0 saturated carbocycles. The molecule has 0 heterocycles. The predicted octanol–water partition coefficient (Wildman–Crippen LogP) is 2.30. The Kier molecular flexibility index (Phi) is 7.32. The fourth-order valence-corrected chi connectivity index (χ4v) is 1.11. The number of hydrogen-bond acceptors (Lipinski definition) is 2. The highest BCUT2D eigenvalue weighted by atomic mass is 16.4. The third-order valence-corrected chi connectivity index (χ3v) is 2.12. The Morgan fingerprint density at radius 1 is 1.20 bits per heavy atom. The van der Waals surface area contributed by atoms with E-state index < -0.39 is 11.9 Å². The largest absolute Gasteiger partial charge is 0.481 e. The molecule has 4 heteroatoms. The molecule has 0 amide bonds. The summed E-state index contributed by atoms with van der Waals surface area (Å²) in [7, 11) is 0. The first-order valence-corrected chi connectivity index (χ1v) is 5.13. The van der Waals surface area contributed by atoms with E-state index in [0.717, 1.165) is 12.8 Å². The van der Waals surface area contributed by atoms with Crippen LogP contribution < -0.4 is 0 Å². The monoisotopic (exact) mass is 214 g/mol. The predicted molar refractivity (Wildman–Crippen MR) is 56.7 cm³/mol. The fraction of sp³-hybridized carbons (Fsp3) is 0.636. The maximum Gasteiger partial charge on any atom is 0.306 e. The molecule has 0 fully saturated rings. The SMILES string of the molecule is CC(CCC/C=C/CCC(=O)O)C(=O)O. The lowest BCUT2D eigenvalue weighted by molar-refractivity contribution is -0.141. The summed E-state index contributed by atoms with van der Waals surface area (Å²) in [6, 6.07) is 0. The summed E-state index contributed by atoms with van der Waals surface area (Å²) in [5.74, 6) is -1.85. The number of carboxylic acid groups (broad SMARTS) is 2. The van der Waals surface area contributed by atoms with Crippen molar-refractivity contribution in [1.82, 2.24) is 0 Å². The first-order chi connectivity index (χ1) is 7.04. The quantitative estimate of drug-likeness (QED) is 0.480. The lowest BCUT2D eigenvalue weighted by atomic mass is 10.0. The molecule has 0 aliphatic heterocycles. The number of carbonyl (C=O) groups is 2. The van der Waals surface area contributed by atoms with Gasteiger partial charge in [0.25, 0.3) is 0 Å². The highest BCUT2D eigenvalue weighted by molar-refractivity contribution is 5.69. The molecule has 0 aromatic heterocycles. The minimum Gasteiger partial charge on any atom is -0.481 e. The molecule has 86 valence electrons. The summed E-state index contributed by atoms with van der Waals surface area (Å²) < 4.78 is 0. The molecule has 1 atom stereocenters. The van der Waals surface area contributed by atoms with E-state index in [9.17, 15) is 9.59 Å². The second-order valence-electron chi connectivity index (χ2n) is 3.57. The Hall–Kier alpha value is -1.32. The number of unbranched alkanes of at least 4 members (excludes halogenated alkanes) is 1. The van der Waals surface area contributed by atoms with Crippen molar-refractivity contribution in [3.8, 4) is 0 Å². The standard InChI is InChI=1S/C11H18O4/c1-9(11(14)15)7-5-3-2-4-6-8-10(12)13/h2,4,9H,3,5-8H2,1H3,(H,12,13)(H,14,15)/b4-2+. The normalized spacial score (nSPS) is 12.9. The van der Waals surface area contributed by atoms with Crippen LogP contribution in [0.4, 0.5) is 0 Å². The summed E-state index contributed by atoms with van der Waals surface area (Å²) in [5.41, 5.74) is 0. The van der Waals surface area contributed by atoms with Crippen molar-refractivity contribution in [2.24, 2.45) is 5.92 Å². The maximum atomic E-state index is 10.5. The molecule has 0 rings (SSSR count). The zero-order valence-electron chi connectivity index (χ0n) is 8.98. The highest BCUT2D eigenvalue weighted by Crippen LogP contribution is 2.08. The second kappa shape index (κ2) is 8.03. The Balaban J connectivity index is 3.38. The van der Waals surface area contributed by atoms with E-state index in [1.54, 1.807) is 6.92 Å². The molecule has 2 N–H and O–H groups in total. The van der Waals surface area contributed by atoms with Gasteiger partial charge in [-0.2, -0.15) is 0 Å². The van der Waals surface area contributed by atoms with Gasteiger partial charge in [-0.15, -0.1) is 0 Å². The second-order valence-corrected chi connectivity index (χ2v) is 3.57. The lowest BCUT2D eigenvalue weighted by Crippen LogP contribution is -2.08. The first kappa shape index (κ1) is 13.7. The molecular formula is C11H18O4.